The van der Waals surface area contributed by atoms with Crippen LogP contribution in [0, 0.1) is 22.4 Å². The quantitative estimate of drug-likeness (QED) is 0.383. The Morgan fingerprint density at radius 3 is 2.32 bits per heavy atom. The smallest absolute Gasteiger partial charge is 0.283 e. The molecule has 1 N–H and O–H groups in total. The molecule has 0 atom stereocenters. The minimum Gasteiger partial charge on any atom is -0.283 e. The van der Waals surface area contributed by atoms with Gasteiger partial charge in [-0.05, 0) is 54.6 Å². The minimum absolute atomic E-state index is 0.0525. The molecule has 0 saturated carbocycles. The first-order valence-corrected chi connectivity index (χ1v) is 10.0. The van der Waals surface area contributed by atoms with E-state index in [0.29, 0.717) is 16.9 Å². The lowest BCUT2D eigenvalue weighted by molar-refractivity contribution is -0.384. The number of amidine groups is 1. The van der Waals surface area contributed by atoms with Gasteiger partial charge >= 0.3 is 0 Å². The van der Waals surface area contributed by atoms with Crippen LogP contribution in [0.2, 0.25) is 0 Å². The molecule has 2 aromatic carbocycles. The summed E-state index contributed by atoms with van der Waals surface area (Å²) in [6.07, 6.45) is 1.55. The summed E-state index contributed by atoms with van der Waals surface area (Å²) in [4.78, 5) is 38.0. The van der Waals surface area contributed by atoms with Crippen molar-refractivity contribution < 1.29 is 9.72 Å². The van der Waals surface area contributed by atoms with Crippen LogP contribution in [0.15, 0.2) is 64.3 Å². The highest BCUT2D eigenvalue weighted by molar-refractivity contribution is 8.19. The summed E-state index contributed by atoms with van der Waals surface area (Å²) < 4.78 is 3.10. The molecule has 9 nitrogen and oxygen atoms in total. The number of benzene rings is 2. The third-order valence-electron chi connectivity index (χ3n) is 4.97. The van der Waals surface area contributed by atoms with Gasteiger partial charge in [-0.1, -0.05) is 18.2 Å². The van der Waals surface area contributed by atoms with Gasteiger partial charge in [0.15, 0.2) is 5.17 Å². The van der Waals surface area contributed by atoms with Crippen LogP contribution in [0.1, 0.15) is 11.3 Å². The van der Waals surface area contributed by atoms with E-state index in [-0.39, 0.29) is 21.4 Å². The third kappa shape index (κ3) is 3.46. The molecule has 3 aromatic rings. The molecule has 1 saturated heterocycles. The monoisotopic (exact) mass is 435 g/mol. The number of nitro benzene ring substituents is 1. The molecule has 1 fully saturated rings. The van der Waals surface area contributed by atoms with E-state index in [1.54, 1.807) is 36.9 Å². The van der Waals surface area contributed by atoms with E-state index in [4.69, 9.17) is 5.41 Å². The standard InChI is InChI=1S/C21H17N5O4S/c1-13-18(20(28)25(23(13)2)15-6-4-3-5-7-15)24-19(27)17(31-21(24)22)12-14-8-10-16(11-9-14)26(29)30/h3-12,22H,1-2H3. The number of amides is 1. The van der Waals surface area contributed by atoms with Crippen molar-refractivity contribution in [2.45, 2.75) is 6.92 Å². The van der Waals surface area contributed by atoms with Crippen LogP contribution in [-0.2, 0) is 11.8 Å². The number of hydrogen-bond donors (Lipinski definition) is 1. The number of hydrogen-bond acceptors (Lipinski definition) is 6. The van der Waals surface area contributed by atoms with Crippen molar-refractivity contribution in [2.75, 3.05) is 4.90 Å². The second-order valence-corrected chi connectivity index (χ2v) is 7.85. The molecule has 1 aromatic heterocycles. The summed E-state index contributed by atoms with van der Waals surface area (Å²) in [7, 11) is 1.72. The van der Waals surface area contributed by atoms with Gasteiger partial charge < -0.3 is 0 Å². The van der Waals surface area contributed by atoms with E-state index < -0.39 is 16.4 Å². The number of nitrogens with zero attached hydrogens (tertiary/aromatic N) is 4. The SMILES string of the molecule is Cc1c(N2C(=N)SC(=Cc3ccc([N+](=O)[O-])cc3)C2=O)c(=O)n(-c2ccccc2)n1C. The highest BCUT2D eigenvalue weighted by Crippen LogP contribution is 2.35. The lowest BCUT2D eigenvalue weighted by atomic mass is 10.2. The van der Waals surface area contributed by atoms with Gasteiger partial charge in [0.1, 0.15) is 5.69 Å². The molecular formula is C21H17N5O4S. The summed E-state index contributed by atoms with van der Waals surface area (Å²) in [5.41, 5.74) is 1.45. The van der Waals surface area contributed by atoms with E-state index in [2.05, 4.69) is 0 Å². The Hall–Kier alpha value is -3.92. The predicted molar refractivity (Wildman–Crippen MR) is 120 cm³/mol. The number of aromatic nitrogens is 2. The number of rotatable bonds is 4. The van der Waals surface area contributed by atoms with Crippen molar-refractivity contribution in [3.8, 4) is 5.69 Å². The molecule has 0 radical (unpaired) electrons. The average Bonchev–Trinajstić information content (AvgIpc) is 3.14. The van der Waals surface area contributed by atoms with Crippen LogP contribution in [0.25, 0.3) is 11.8 Å². The van der Waals surface area contributed by atoms with Crippen molar-refractivity contribution in [1.29, 1.82) is 5.41 Å². The number of carbonyl (C=O) groups excluding carboxylic acids is 1. The van der Waals surface area contributed by atoms with E-state index in [1.165, 1.54) is 28.9 Å². The number of non-ortho nitro benzene ring substituents is 1. The second kappa shape index (κ2) is 7.73. The Morgan fingerprint density at radius 2 is 1.71 bits per heavy atom. The summed E-state index contributed by atoms with van der Waals surface area (Å²) in [5, 5.41) is 19.1. The number of nitrogens with one attached hydrogen (secondary N) is 1. The Kier molecular flexibility index (Phi) is 5.07. The molecule has 0 unspecified atom stereocenters. The summed E-state index contributed by atoms with van der Waals surface area (Å²) in [6, 6.07) is 14.8. The van der Waals surface area contributed by atoms with Crippen molar-refractivity contribution in [3.63, 3.8) is 0 Å². The predicted octanol–water partition coefficient (Wildman–Crippen LogP) is 3.45. The highest BCUT2D eigenvalue weighted by atomic mass is 32.2. The van der Waals surface area contributed by atoms with Crippen LogP contribution in [0.5, 0.6) is 0 Å². The van der Waals surface area contributed by atoms with Crippen LogP contribution in [-0.4, -0.2) is 25.4 Å². The molecule has 0 spiro atoms. The maximum atomic E-state index is 13.2. The van der Waals surface area contributed by atoms with Gasteiger partial charge in [-0.25, -0.2) is 9.58 Å². The van der Waals surface area contributed by atoms with E-state index in [0.717, 1.165) is 16.7 Å². The number of anilines is 1. The van der Waals surface area contributed by atoms with Crippen molar-refractivity contribution in [1.82, 2.24) is 9.36 Å². The molecule has 10 heteroatoms. The summed E-state index contributed by atoms with van der Waals surface area (Å²) in [6.45, 7) is 1.72. The lowest BCUT2D eigenvalue weighted by Gasteiger charge is -2.12. The molecule has 1 aliphatic heterocycles. The molecule has 156 valence electrons. The zero-order valence-corrected chi connectivity index (χ0v) is 17.4. The molecule has 1 amide bonds. The third-order valence-corrected chi connectivity index (χ3v) is 5.86. The van der Waals surface area contributed by atoms with Gasteiger partial charge in [0, 0.05) is 19.2 Å². The van der Waals surface area contributed by atoms with Gasteiger partial charge in [-0.2, -0.15) is 0 Å². The first-order valence-electron chi connectivity index (χ1n) is 9.20. The van der Waals surface area contributed by atoms with Crippen LogP contribution in [0.4, 0.5) is 11.4 Å². The summed E-state index contributed by atoms with van der Waals surface area (Å²) >= 11 is 0.940. The zero-order valence-electron chi connectivity index (χ0n) is 16.6. The van der Waals surface area contributed by atoms with Crippen molar-refractivity contribution in [3.05, 3.63) is 91.2 Å². The number of para-hydroxylation sites is 1. The fourth-order valence-corrected chi connectivity index (χ4v) is 4.19. The first-order chi connectivity index (χ1) is 14.8. The normalized spacial score (nSPS) is 15.2. The van der Waals surface area contributed by atoms with Gasteiger partial charge in [0.25, 0.3) is 17.2 Å². The second-order valence-electron chi connectivity index (χ2n) is 6.82. The number of carbonyl (C=O) groups is 1. The topological polar surface area (TPSA) is 114 Å². The fraction of sp³-hybridized carbons (Fsp3) is 0.0952. The van der Waals surface area contributed by atoms with Crippen LogP contribution in [0.3, 0.4) is 0 Å². The molecular weight excluding hydrogens is 418 g/mol. The van der Waals surface area contributed by atoms with Crippen molar-refractivity contribution >= 4 is 40.3 Å². The zero-order chi connectivity index (χ0) is 22.3. The number of nitro groups is 1. The van der Waals surface area contributed by atoms with E-state index in [1.807, 2.05) is 18.2 Å². The molecule has 1 aliphatic rings. The largest absolute Gasteiger partial charge is 0.296 e. The van der Waals surface area contributed by atoms with Gasteiger partial charge in [0.2, 0.25) is 0 Å². The molecule has 0 bridgehead atoms. The lowest BCUT2D eigenvalue weighted by Crippen LogP contribution is -2.33. The molecule has 31 heavy (non-hydrogen) atoms. The van der Waals surface area contributed by atoms with E-state index in [9.17, 15) is 19.7 Å². The van der Waals surface area contributed by atoms with Crippen LogP contribution < -0.4 is 10.5 Å². The molecule has 0 aliphatic carbocycles. The molecule has 4 rings (SSSR count). The highest BCUT2D eigenvalue weighted by Gasteiger charge is 2.37. The Bertz CT molecular complexity index is 1310. The Labute approximate surface area is 180 Å². The minimum atomic E-state index is -0.500. The van der Waals surface area contributed by atoms with Gasteiger partial charge in [0.05, 0.1) is 21.2 Å². The van der Waals surface area contributed by atoms with E-state index >= 15 is 0 Å². The Balaban J connectivity index is 1.73. The maximum absolute atomic E-state index is 13.2. The Morgan fingerprint density at radius 1 is 1.06 bits per heavy atom. The summed E-state index contributed by atoms with van der Waals surface area (Å²) in [5.74, 6) is -0.487. The van der Waals surface area contributed by atoms with Crippen molar-refractivity contribution in [2.24, 2.45) is 7.05 Å². The van der Waals surface area contributed by atoms with Gasteiger partial charge in [-0.15, -0.1) is 0 Å². The fourth-order valence-electron chi connectivity index (χ4n) is 3.35. The average molecular weight is 435 g/mol. The maximum Gasteiger partial charge on any atom is 0.296 e. The van der Waals surface area contributed by atoms with Crippen LogP contribution >= 0.6 is 11.8 Å². The number of thioether (sulfide) groups is 1. The van der Waals surface area contributed by atoms with Gasteiger partial charge in [-0.3, -0.25) is 29.8 Å². The molecule has 2 heterocycles. The first kappa shape index (κ1) is 20.4.